The molecule has 3 rings (SSSR count). The number of hydrogen-bond acceptors (Lipinski definition) is 3. The lowest BCUT2D eigenvalue weighted by Crippen LogP contribution is -2.39. The van der Waals surface area contributed by atoms with E-state index >= 15 is 0 Å². The third-order valence-corrected chi connectivity index (χ3v) is 4.15. The fraction of sp³-hybridized carbons (Fsp3) is 0.444. The van der Waals surface area contributed by atoms with Crippen molar-refractivity contribution in [2.45, 2.75) is 19.3 Å². The third-order valence-electron chi connectivity index (χ3n) is 4.15. The quantitative estimate of drug-likeness (QED) is 0.620. The van der Waals surface area contributed by atoms with Crippen molar-refractivity contribution in [1.29, 1.82) is 0 Å². The van der Waals surface area contributed by atoms with Crippen LogP contribution in [0.25, 0.3) is 0 Å². The predicted molar refractivity (Wildman–Crippen MR) is 95.6 cm³/mol. The van der Waals surface area contributed by atoms with Gasteiger partial charge in [-0.05, 0) is 35.6 Å². The summed E-state index contributed by atoms with van der Waals surface area (Å²) in [5.41, 5.74) is 3.88. The van der Waals surface area contributed by atoms with Gasteiger partial charge < -0.3 is 15.4 Å². The Labute approximate surface area is 142 Å². The van der Waals surface area contributed by atoms with Crippen LogP contribution < -0.4 is 15.4 Å². The predicted octanol–water partition coefficient (Wildman–Crippen LogP) is 1.31. The van der Waals surface area contributed by atoms with Gasteiger partial charge in [-0.1, -0.05) is 12.1 Å². The molecule has 1 aromatic heterocycles. The summed E-state index contributed by atoms with van der Waals surface area (Å²) in [7, 11) is 3.73. The van der Waals surface area contributed by atoms with Gasteiger partial charge in [-0.25, -0.2) is 0 Å². The van der Waals surface area contributed by atoms with Gasteiger partial charge in [0.1, 0.15) is 5.75 Å². The summed E-state index contributed by atoms with van der Waals surface area (Å²) in [6.45, 7) is 2.50. The van der Waals surface area contributed by atoms with Crippen molar-refractivity contribution in [3.63, 3.8) is 0 Å². The zero-order chi connectivity index (χ0) is 16.8. The maximum absolute atomic E-state index is 5.55. The van der Waals surface area contributed by atoms with E-state index in [2.05, 4.69) is 38.9 Å². The number of ether oxygens (including phenoxy) is 1. The molecule has 0 saturated heterocycles. The summed E-state index contributed by atoms with van der Waals surface area (Å²) in [5, 5.41) is 10.9. The molecule has 1 aliphatic rings. The zero-order valence-corrected chi connectivity index (χ0v) is 14.4. The van der Waals surface area contributed by atoms with E-state index in [0.29, 0.717) is 0 Å². The van der Waals surface area contributed by atoms with Crippen LogP contribution in [0, 0.1) is 0 Å². The fourth-order valence-corrected chi connectivity index (χ4v) is 2.87. The molecular weight excluding hydrogens is 302 g/mol. The SMILES string of the molecule is CN=C(NCCc1ccc2c(c1)CCO2)NCCc1cnn(C)c1. The van der Waals surface area contributed by atoms with Crippen LogP contribution in [0.3, 0.4) is 0 Å². The van der Waals surface area contributed by atoms with E-state index in [0.717, 1.165) is 50.7 Å². The highest BCUT2D eigenvalue weighted by Gasteiger charge is 2.11. The topological polar surface area (TPSA) is 63.5 Å². The van der Waals surface area contributed by atoms with Crippen molar-refractivity contribution in [1.82, 2.24) is 20.4 Å². The van der Waals surface area contributed by atoms with Crippen molar-refractivity contribution in [3.8, 4) is 5.75 Å². The molecule has 24 heavy (non-hydrogen) atoms. The van der Waals surface area contributed by atoms with Crippen molar-refractivity contribution in [2.24, 2.45) is 12.0 Å². The highest BCUT2D eigenvalue weighted by atomic mass is 16.5. The number of fused-ring (bicyclic) bond motifs is 1. The van der Waals surface area contributed by atoms with Gasteiger partial charge in [0.25, 0.3) is 0 Å². The molecular formula is C18H25N5O. The zero-order valence-electron chi connectivity index (χ0n) is 14.4. The normalized spacial score (nSPS) is 13.5. The molecule has 0 aliphatic carbocycles. The largest absolute Gasteiger partial charge is 0.493 e. The van der Waals surface area contributed by atoms with Gasteiger partial charge in [0.05, 0.1) is 12.8 Å². The Morgan fingerprint density at radius 1 is 1.25 bits per heavy atom. The Bertz CT molecular complexity index is 707. The van der Waals surface area contributed by atoms with Crippen LogP contribution in [0.1, 0.15) is 16.7 Å². The van der Waals surface area contributed by atoms with Crippen LogP contribution in [0.4, 0.5) is 0 Å². The molecule has 6 heteroatoms. The molecule has 0 bridgehead atoms. The first kappa shape index (κ1) is 16.4. The average molecular weight is 327 g/mol. The smallest absolute Gasteiger partial charge is 0.190 e. The maximum Gasteiger partial charge on any atom is 0.190 e. The number of hydrogen-bond donors (Lipinski definition) is 2. The summed E-state index contributed by atoms with van der Waals surface area (Å²) < 4.78 is 7.37. The molecule has 0 unspecified atom stereocenters. The second-order valence-electron chi connectivity index (χ2n) is 5.99. The number of guanidine groups is 1. The van der Waals surface area contributed by atoms with Crippen LogP contribution >= 0.6 is 0 Å². The van der Waals surface area contributed by atoms with Gasteiger partial charge in [-0.2, -0.15) is 5.10 Å². The Morgan fingerprint density at radius 2 is 2.04 bits per heavy atom. The van der Waals surface area contributed by atoms with Crippen molar-refractivity contribution in [2.75, 3.05) is 26.7 Å². The fourth-order valence-electron chi connectivity index (χ4n) is 2.87. The Kier molecular flexibility index (Phi) is 5.36. The minimum Gasteiger partial charge on any atom is -0.493 e. The van der Waals surface area contributed by atoms with Gasteiger partial charge in [-0.15, -0.1) is 0 Å². The summed E-state index contributed by atoms with van der Waals surface area (Å²) in [5.74, 6) is 1.88. The number of aromatic nitrogens is 2. The Balaban J connectivity index is 1.39. The minimum absolute atomic E-state index is 0.810. The summed E-state index contributed by atoms with van der Waals surface area (Å²) in [6.07, 6.45) is 6.86. The number of benzene rings is 1. The molecule has 2 aromatic rings. The van der Waals surface area contributed by atoms with Gasteiger partial charge >= 0.3 is 0 Å². The molecule has 0 saturated carbocycles. The molecule has 2 N–H and O–H groups in total. The van der Waals surface area contributed by atoms with Crippen LogP contribution in [-0.2, 0) is 26.3 Å². The Morgan fingerprint density at radius 3 is 2.75 bits per heavy atom. The van der Waals surface area contributed by atoms with E-state index in [-0.39, 0.29) is 0 Å². The van der Waals surface area contributed by atoms with Gasteiger partial charge in [-0.3, -0.25) is 9.67 Å². The van der Waals surface area contributed by atoms with Crippen LogP contribution in [0.15, 0.2) is 35.6 Å². The van der Waals surface area contributed by atoms with Gasteiger partial charge in [0.2, 0.25) is 0 Å². The number of nitrogens with one attached hydrogen (secondary N) is 2. The lowest BCUT2D eigenvalue weighted by molar-refractivity contribution is 0.357. The minimum atomic E-state index is 0.810. The molecule has 0 amide bonds. The molecule has 6 nitrogen and oxygen atoms in total. The second-order valence-corrected chi connectivity index (χ2v) is 5.99. The lowest BCUT2D eigenvalue weighted by atomic mass is 10.1. The molecule has 0 atom stereocenters. The molecule has 128 valence electrons. The maximum atomic E-state index is 5.55. The van der Waals surface area contributed by atoms with Crippen molar-refractivity contribution < 1.29 is 4.74 Å². The molecule has 0 spiro atoms. The molecule has 1 aliphatic heterocycles. The molecule has 2 heterocycles. The van der Waals surface area contributed by atoms with E-state index in [1.54, 1.807) is 7.05 Å². The van der Waals surface area contributed by atoms with E-state index < -0.39 is 0 Å². The summed E-state index contributed by atoms with van der Waals surface area (Å²) in [4.78, 5) is 4.27. The number of rotatable bonds is 6. The number of aliphatic imine (C=N–C) groups is 1. The monoisotopic (exact) mass is 327 g/mol. The Hall–Kier alpha value is -2.50. The van der Waals surface area contributed by atoms with Gasteiger partial charge in [0, 0.05) is 39.8 Å². The standard InChI is InChI=1S/C18H25N5O/c1-19-18(21-9-6-15-12-22-23(2)13-15)20-8-5-14-3-4-17-16(11-14)7-10-24-17/h3-4,11-13H,5-10H2,1-2H3,(H2,19,20,21). The number of nitrogens with zero attached hydrogens (tertiary/aromatic N) is 3. The molecule has 1 aromatic carbocycles. The lowest BCUT2D eigenvalue weighted by Gasteiger charge is -2.12. The molecule has 0 radical (unpaired) electrons. The molecule has 0 fully saturated rings. The highest BCUT2D eigenvalue weighted by molar-refractivity contribution is 5.79. The summed E-state index contributed by atoms with van der Waals surface area (Å²) >= 11 is 0. The highest BCUT2D eigenvalue weighted by Crippen LogP contribution is 2.25. The summed E-state index contributed by atoms with van der Waals surface area (Å²) in [6, 6.07) is 6.48. The van der Waals surface area contributed by atoms with E-state index in [9.17, 15) is 0 Å². The third kappa shape index (κ3) is 4.28. The first-order valence-corrected chi connectivity index (χ1v) is 8.41. The van der Waals surface area contributed by atoms with Gasteiger partial charge in [0.15, 0.2) is 5.96 Å². The first-order chi connectivity index (χ1) is 11.7. The average Bonchev–Trinajstić information content (AvgIpc) is 3.21. The second kappa shape index (κ2) is 7.86. The van der Waals surface area contributed by atoms with E-state index in [1.807, 2.05) is 24.1 Å². The van der Waals surface area contributed by atoms with Crippen LogP contribution in [0.5, 0.6) is 5.75 Å². The van der Waals surface area contributed by atoms with Crippen molar-refractivity contribution >= 4 is 5.96 Å². The van der Waals surface area contributed by atoms with Crippen molar-refractivity contribution in [3.05, 3.63) is 47.3 Å². The van der Waals surface area contributed by atoms with E-state index in [1.165, 1.54) is 16.7 Å². The van der Waals surface area contributed by atoms with E-state index in [4.69, 9.17) is 4.74 Å². The first-order valence-electron chi connectivity index (χ1n) is 8.41. The van der Waals surface area contributed by atoms with Crippen LogP contribution in [0.2, 0.25) is 0 Å². The number of aryl methyl sites for hydroxylation is 1. The van der Waals surface area contributed by atoms with Crippen LogP contribution in [-0.4, -0.2) is 42.5 Å².